The van der Waals surface area contributed by atoms with Crippen molar-refractivity contribution in [2.24, 2.45) is 0 Å². The largest absolute Gasteiger partial charge is 0.334 e. The minimum atomic E-state index is -0.553. The molecule has 1 aliphatic heterocycles. The number of amides is 1. The summed E-state index contributed by atoms with van der Waals surface area (Å²) in [6.45, 7) is 7.73. The highest BCUT2D eigenvalue weighted by molar-refractivity contribution is 6.05. The molecule has 2 N–H and O–H groups in total. The summed E-state index contributed by atoms with van der Waals surface area (Å²) in [6, 6.07) is 1.82. The molecule has 3 heterocycles. The van der Waals surface area contributed by atoms with Gasteiger partial charge in [-0.15, -0.1) is 24.8 Å². The van der Waals surface area contributed by atoms with Crippen LogP contribution >= 0.6 is 24.8 Å². The zero-order valence-corrected chi connectivity index (χ0v) is 19.5. The maximum atomic E-state index is 13.5. The van der Waals surface area contributed by atoms with E-state index in [-0.39, 0.29) is 48.1 Å². The van der Waals surface area contributed by atoms with Crippen LogP contribution in [0.15, 0.2) is 15.7 Å². The molecule has 168 valence electrons. The molecular formula is C20H31Cl2N5O3. The SMILES string of the molecule is CCCn1c(=O)[nH]c(=O)c2c(C(=O)N3CCCC3CNC)cc(C(C)C)nc21.Cl.Cl. The molecule has 1 unspecified atom stereocenters. The van der Waals surface area contributed by atoms with Crippen LogP contribution in [-0.2, 0) is 6.54 Å². The molecular weight excluding hydrogens is 429 g/mol. The smallest absolute Gasteiger partial charge is 0.329 e. The summed E-state index contributed by atoms with van der Waals surface area (Å²) < 4.78 is 1.47. The molecule has 0 bridgehead atoms. The summed E-state index contributed by atoms with van der Waals surface area (Å²) in [7, 11) is 1.87. The number of nitrogens with one attached hydrogen (secondary N) is 2. The lowest BCUT2D eigenvalue weighted by molar-refractivity contribution is 0.0738. The molecule has 8 nitrogen and oxygen atoms in total. The van der Waals surface area contributed by atoms with Crippen LogP contribution < -0.4 is 16.6 Å². The van der Waals surface area contributed by atoms with Gasteiger partial charge in [-0.3, -0.25) is 19.1 Å². The van der Waals surface area contributed by atoms with Gasteiger partial charge in [-0.2, -0.15) is 0 Å². The number of likely N-dealkylation sites (tertiary alicyclic amines) is 1. The van der Waals surface area contributed by atoms with E-state index in [2.05, 4.69) is 15.3 Å². The van der Waals surface area contributed by atoms with E-state index in [1.54, 1.807) is 6.07 Å². The van der Waals surface area contributed by atoms with Gasteiger partial charge in [0.05, 0.1) is 10.9 Å². The fraction of sp³-hybridized carbons (Fsp3) is 0.600. The molecule has 1 amide bonds. The number of pyridine rings is 1. The molecule has 0 aliphatic carbocycles. The van der Waals surface area contributed by atoms with Gasteiger partial charge in [0.15, 0.2) is 5.65 Å². The fourth-order valence-electron chi connectivity index (χ4n) is 3.89. The van der Waals surface area contributed by atoms with Crippen molar-refractivity contribution in [1.82, 2.24) is 24.8 Å². The second-order valence-electron chi connectivity index (χ2n) is 7.71. The van der Waals surface area contributed by atoms with E-state index in [1.807, 2.05) is 32.7 Å². The predicted molar refractivity (Wildman–Crippen MR) is 123 cm³/mol. The van der Waals surface area contributed by atoms with E-state index >= 15 is 0 Å². The lowest BCUT2D eigenvalue weighted by Crippen LogP contribution is -2.41. The van der Waals surface area contributed by atoms with Gasteiger partial charge in [0, 0.05) is 31.4 Å². The first-order valence-electron chi connectivity index (χ1n) is 10.0. The zero-order valence-electron chi connectivity index (χ0n) is 17.9. The zero-order chi connectivity index (χ0) is 20.4. The molecule has 10 heteroatoms. The minimum Gasteiger partial charge on any atom is -0.334 e. The number of carbonyl (C=O) groups excluding carboxylic acids is 1. The number of hydrogen-bond acceptors (Lipinski definition) is 5. The van der Waals surface area contributed by atoms with Gasteiger partial charge < -0.3 is 10.2 Å². The number of halogens is 2. The second-order valence-corrected chi connectivity index (χ2v) is 7.71. The molecule has 2 aromatic heterocycles. The predicted octanol–water partition coefficient (Wildman–Crippen LogP) is 2.29. The van der Waals surface area contributed by atoms with Gasteiger partial charge in [0.25, 0.3) is 11.5 Å². The van der Waals surface area contributed by atoms with Crippen LogP contribution in [0.1, 0.15) is 62.0 Å². The van der Waals surface area contributed by atoms with E-state index in [4.69, 9.17) is 0 Å². The fourth-order valence-corrected chi connectivity index (χ4v) is 3.89. The van der Waals surface area contributed by atoms with Crippen LogP contribution in [0.25, 0.3) is 11.0 Å². The molecule has 1 atom stereocenters. The van der Waals surface area contributed by atoms with Crippen molar-refractivity contribution >= 4 is 41.8 Å². The first-order valence-corrected chi connectivity index (χ1v) is 10.0. The van der Waals surface area contributed by atoms with Crippen LogP contribution in [-0.4, -0.2) is 51.5 Å². The van der Waals surface area contributed by atoms with E-state index in [0.29, 0.717) is 43.0 Å². The van der Waals surface area contributed by atoms with Crippen LogP contribution in [0.3, 0.4) is 0 Å². The highest BCUT2D eigenvalue weighted by Gasteiger charge is 2.31. The Morgan fingerprint density at radius 1 is 1.33 bits per heavy atom. The standard InChI is InChI=1S/C20H29N5O3.2ClH/c1-5-8-25-17-16(18(26)23-20(25)28)14(10-15(22-17)12(2)3)19(27)24-9-6-7-13(24)11-21-4;;/h10,12-13,21H,5-9,11H2,1-4H3,(H,23,26,28);2*1H. The maximum absolute atomic E-state index is 13.5. The van der Waals surface area contributed by atoms with E-state index < -0.39 is 11.2 Å². The van der Waals surface area contributed by atoms with Crippen molar-refractivity contribution in [1.29, 1.82) is 0 Å². The van der Waals surface area contributed by atoms with Gasteiger partial charge in [-0.1, -0.05) is 20.8 Å². The number of carbonyl (C=O) groups is 1. The van der Waals surface area contributed by atoms with Gasteiger partial charge >= 0.3 is 5.69 Å². The molecule has 0 spiro atoms. The van der Waals surface area contributed by atoms with Gasteiger partial charge in [-0.05, 0) is 38.3 Å². The summed E-state index contributed by atoms with van der Waals surface area (Å²) in [6.07, 6.45) is 2.59. The molecule has 1 saturated heterocycles. The van der Waals surface area contributed by atoms with Crippen molar-refractivity contribution < 1.29 is 4.79 Å². The highest BCUT2D eigenvalue weighted by atomic mass is 35.5. The second kappa shape index (κ2) is 10.9. The van der Waals surface area contributed by atoms with Crippen LogP contribution in [0.4, 0.5) is 0 Å². The summed E-state index contributed by atoms with van der Waals surface area (Å²) >= 11 is 0. The lowest BCUT2D eigenvalue weighted by Gasteiger charge is -2.25. The molecule has 0 radical (unpaired) electrons. The Hall–Kier alpha value is -1.90. The molecule has 2 aromatic rings. The Bertz CT molecular complexity index is 1000. The van der Waals surface area contributed by atoms with Crippen molar-refractivity contribution in [3.8, 4) is 0 Å². The number of aryl methyl sites for hydroxylation is 1. The topological polar surface area (TPSA) is 100 Å². The number of H-pyrrole nitrogens is 1. The third kappa shape index (κ3) is 4.87. The monoisotopic (exact) mass is 459 g/mol. The van der Waals surface area contributed by atoms with Crippen LogP contribution in [0, 0.1) is 0 Å². The minimum absolute atomic E-state index is 0. The van der Waals surface area contributed by atoms with Crippen molar-refractivity contribution in [3.05, 3.63) is 38.2 Å². The first-order chi connectivity index (χ1) is 13.4. The molecule has 0 aromatic carbocycles. The maximum Gasteiger partial charge on any atom is 0.329 e. The number of rotatable bonds is 6. The molecule has 1 aliphatic rings. The highest BCUT2D eigenvalue weighted by Crippen LogP contribution is 2.25. The van der Waals surface area contributed by atoms with Crippen molar-refractivity contribution in [2.75, 3.05) is 20.1 Å². The molecule has 3 rings (SSSR count). The van der Waals surface area contributed by atoms with E-state index in [0.717, 1.165) is 12.8 Å². The summed E-state index contributed by atoms with van der Waals surface area (Å²) in [5, 5.41) is 3.34. The Morgan fingerprint density at radius 2 is 2.03 bits per heavy atom. The molecule has 1 fully saturated rings. The van der Waals surface area contributed by atoms with Crippen LogP contribution in [0.5, 0.6) is 0 Å². The number of likely N-dealkylation sites (N-methyl/N-ethyl adjacent to an activating group) is 1. The number of aromatic nitrogens is 3. The van der Waals surface area contributed by atoms with Gasteiger partial charge in [0.2, 0.25) is 0 Å². The number of hydrogen-bond donors (Lipinski definition) is 2. The third-order valence-corrected chi connectivity index (χ3v) is 5.32. The third-order valence-electron chi connectivity index (χ3n) is 5.32. The molecule has 30 heavy (non-hydrogen) atoms. The average molecular weight is 460 g/mol. The van der Waals surface area contributed by atoms with Gasteiger partial charge in [0.1, 0.15) is 0 Å². The first kappa shape index (κ1) is 26.1. The van der Waals surface area contributed by atoms with E-state index in [9.17, 15) is 14.4 Å². The summed E-state index contributed by atoms with van der Waals surface area (Å²) in [5.41, 5.74) is 0.302. The lowest BCUT2D eigenvalue weighted by atomic mass is 10.0. The number of aromatic amines is 1. The van der Waals surface area contributed by atoms with Crippen molar-refractivity contribution in [3.63, 3.8) is 0 Å². The van der Waals surface area contributed by atoms with Gasteiger partial charge in [-0.25, -0.2) is 9.78 Å². The Balaban J connectivity index is 0.00000225. The quantitative estimate of drug-likeness (QED) is 0.689. The average Bonchev–Trinajstić information content (AvgIpc) is 3.12. The Morgan fingerprint density at radius 3 is 2.63 bits per heavy atom. The summed E-state index contributed by atoms with van der Waals surface area (Å²) in [5.74, 6) is -0.105. The van der Waals surface area contributed by atoms with Crippen molar-refractivity contribution in [2.45, 2.75) is 58.5 Å². The number of fused-ring (bicyclic) bond motifs is 1. The Labute approximate surface area is 188 Å². The van der Waals surface area contributed by atoms with E-state index in [1.165, 1.54) is 4.57 Å². The normalized spacial score (nSPS) is 15.9. The molecule has 0 saturated carbocycles. The summed E-state index contributed by atoms with van der Waals surface area (Å²) in [4.78, 5) is 47.3. The van der Waals surface area contributed by atoms with Crippen LogP contribution in [0.2, 0.25) is 0 Å². The number of nitrogens with zero attached hydrogens (tertiary/aromatic N) is 3. The Kier molecular flexibility index (Phi) is 9.52.